The molecule has 1 N–H and O–H groups in total. The summed E-state index contributed by atoms with van der Waals surface area (Å²) in [5, 5.41) is 3.23. The molecule has 0 fully saturated rings. The molecule has 3 nitrogen and oxygen atoms in total. The van der Waals surface area contributed by atoms with Crippen molar-refractivity contribution < 1.29 is 0 Å². The molecule has 0 saturated carbocycles. The molecule has 0 saturated heterocycles. The van der Waals surface area contributed by atoms with Crippen LogP contribution >= 0.6 is 0 Å². The summed E-state index contributed by atoms with van der Waals surface area (Å²) >= 11 is 0. The van der Waals surface area contributed by atoms with E-state index >= 15 is 0 Å². The Bertz CT molecular complexity index is 548. The van der Waals surface area contributed by atoms with Crippen LogP contribution in [0.2, 0.25) is 0 Å². The molecule has 0 bridgehead atoms. The average molecular weight is 227 g/mol. The summed E-state index contributed by atoms with van der Waals surface area (Å²) in [6.07, 6.45) is 5.22. The van der Waals surface area contributed by atoms with Crippen LogP contribution in [-0.2, 0) is 0 Å². The first kappa shape index (κ1) is 11.7. The maximum absolute atomic E-state index is 5.22. The lowest BCUT2D eigenvalue weighted by Gasteiger charge is -2.16. The van der Waals surface area contributed by atoms with Gasteiger partial charge in [-0.2, -0.15) is 0 Å². The lowest BCUT2D eigenvalue weighted by molar-refractivity contribution is 0.511. The van der Waals surface area contributed by atoms with Crippen LogP contribution in [0.5, 0.6) is 0 Å². The van der Waals surface area contributed by atoms with Crippen LogP contribution in [0.25, 0.3) is 11.0 Å². The fourth-order valence-electron chi connectivity index (χ4n) is 2.17. The van der Waals surface area contributed by atoms with Crippen LogP contribution in [0.4, 0.5) is 0 Å². The number of nitrogens with one attached hydrogen (secondary N) is 1. The molecule has 0 aliphatic heterocycles. The lowest BCUT2D eigenvalue weighted by atomic mass is 10.2. The van der Waals surface area contributed by atoms with Crippen LogP contribution < -0.4 is 5.32 Å². The number of fused-ring (bicyclic) bond motifs is 1. The van der Waals surface area contributed by atoms with Crippen molar-refractivity contribution >= 4 is 11.0 Å². The van der Waals surface area contributed by atoms with E-state index in [0.717, 1.165) is 17.9 Å². The number of benzene rings is 1. The highest BCUT2D eigenvalue weighted by Crippen LogP contribution is 2.19. The number of para-hydroxylation sites is 2. The van der Waals surface area contributed by atoms with Gasteiger partial charge in [0.05, 0.1) is 17.6 Å². The number of terminal acetylenes is 1. The molecular weight excluding hydrogens is 210 g/mol. The highest BCUT2D eigenvalue weighted by atomic mass is 15.1. The van der Waals surface area contributed by atoms with Crippen molar-refractivity contribution in [3.63, 3.8) is 0 Å². The lowest BCUT2D eigenvalue weighted by Crippen LogP contribution is -2.24. The highest BCUT2D eigenvalue weighted by Gasteiger charge is 2.11. The van der Waals surface area contributed by atoms with E-state index in [1.165, 1.54) is 5.52 Å². The van der Waals surface area contributed by atoms with Gasteiger partial charge in [-0.3, -0.25) is 0 Å². The minimum absolute atomic E-state index is 0.343. The van der Waals surface area contributed by atoms with E-state index < -0.39 is 0 Å². The van der Waals surface area contributed by atoms with Crippen LogP contribution in [0, 0.1) is 19.3 Å². The standard InChI is InChI=1S/C14H17N3/c1-4-9-15-10-11(2)17-12(3)16-13-7-5-6-8-14(13)17/h1,5-8,11,15H,9-10H2,2-3H3. The van der Waals surface area contributed by atoms with E-state index in [1.54, 1.807) is 0 Å². The van der Waals surface area contributed by atoms with E-state index in [1.807, 2.05) is 25.1 Å². The van der Waals surface area contributed by atoms with Crippen molar-refractivity contribution in [2.24, 2.45) is 0 Å². The van der Waals surface area contributed by atoms with Crippen molar-refractivity contribution in [1.29, 1.82) is 0 Å². The Labute approximate surface area is 102 Å². The van der Waals surface area contributed by atoms with Gasteiger partial charge < -0.3 is 9.88 Å². The first-order valence-electron chi connectivity index (χ1n) is 5.81. The number of hydrogen-bond acceptors (Lipinski definition) is 2. The Morgan fingerprint density at radius 3 is 3.00 bits per heavy atom. The molecule has 17 heavy (non-hydrogen) atoms. The van der Waals surface area contributed by atoms with Gasteiger partial charge in [-0.25, -0.2) is 4.98 Å². The third kappa shape index (κ3) is 2.32. The quantitative estimate of drug-likeness (QED) is 0.640. The minimum atomic E-state index is 0.343. The fraction of sp³-hybridized carbons (Fsp3) is 0.357. The van der Waals surface area contributed by atoms with Crippen molar-refractivity contribution in [2.45, 2.75) is 19.9 Å². The summed E-state index contributed by atoms with van der Waals surface area (Å²) in [5.41, 5.74) is 2.23. The van der Waals surface area contributed by atoms with E-state index in [2.05, 4.69) is 33.8 Å². The van der Waals surface area contributed by atoms with Crippen LogP contribution in [0.3, 0.4) is 0 Å². The highest BCUT2D eigenvalue weighted by molar-refractivity contribution is 5.76. The Morgan fingerprint density at radius 1 is 1.47 bits per heavy atom. The molecule has 3 heteroatoms. The smallest absolute Gasteiger partial charge is 0.107 e. The molecule has 0 aliphatic rings. The predicted octanol–water partition coefficient (Wildman–Crippen LogP) is 2.13. The second-order valence-corrected chi connectivity index (χ2v) is 4.20. The fourth-order valence-corrected chi connectivity index (χ4v) is 2.17. The first-order chi connectivity index (χ1) is 8.24. The van der Waals surface area contributed by atoms with Gasteiger partial charge in [-0.05, 0) is 26.0 Å². The molecule has 0 spiro atoms. The predicted molar refractivity (Wildman–Crippen MR) is 70.9 cm³/mol. The van der Waals surface area contributed by atoms with Crippen LogP contribution in [0.1, 0.15) is 18.8 Å². The Hall–Kier alpha value is -1.79. The SMILES string of the molecule is C#CCNCC(C)n1c(C)nc2ccccc21. The van der Waals surface area contributed by atoms with Crippen LogP contribution in [0.15, 0.2) is 24.3 Å². The zero-order valence-electron chi connectivity index (χ0n) is 10.3. The molecule has 1 unspecified atom stereocenters. The third-order valence-electron chi connectivity index (χ3n) is 2.88. The van der Waals surface area contributed by atoms with Gasteiger partial charge in [-0.1, -0.05) is 18.1 Å². The van der Waals surface area contributed by atoms with Gasteiger partial charge in [-0.15, -0.1) is 6.42 Å². The largest absolute Gasteiger partial charge is 0.324 e. The summed E-state index contributed by atoms with van der Waals surface area (Å²) in [6, 6.07) is 8.55. The van der Waals surface area contributed by atoms with Gasteiger partial charge in [0, 0.05) is 12.6 Å². The van der Waals surface area contributed by atoms with Crippen molar-refractivity contribution in [3.05, 3.63) is 30.1 Å². The molecule has 2 aromatic rings. The van der Waals surface area contributed by atoms with Gasteiger partial charge in [0.15, 0.2) is 0 Å². The molecule has 1 aromatic heterocycles. The van der Waals surface area contributed by atoms with Crippen molar-refractivity contribution in [1.82, 2.24) is 14.9 Å². The number of rotatable bonds is 4. The summed E-state index contributed by atoms with van der Waals surface area (Å²) in [6.45, 7) is 5.67. The first-order valence-corrected chi connectivity index (χ1v) is 5.81. The topological polar surface area (TPSA) is 29.9 Å². The molecule has 1 heterocycles. The second kappa shape index (κ2) is 5.03. The van der Waals surface area contributed by atoms with E-state index in [-0.39, 0.29) is 0 Å². The summed E-state index contributed by atoms with van der Waals surface area (Å²) in [5.74, 6) is 3.63. The van der Waals surface area contributed by atoms with E-state index in [0.29, 0.717) is 12.6 Å². The maximum Gasteiger partial charge on any atom is 0.107 e. The van der Waals surface area contributed by atoms with Crippen LogP contribution in [-0.4, -0.2) is 22.6 Å². The number of aromatic nitrogens is 2. The molecule has 0 radical (unpaired) electrons. The van der Waals surface area contributed by atoms with Gasteiger partial charge in [0.1, 0.15) is 5.82 Å². The molecule has 0 amide bonds. The normalized spacial score (nSPS) is 12.5. The molecule has 88 valence electrons. The number of imidazole rings is 1. The second-order valence-electron chi connectivity index (χ2n) is 4.20. The monoisotopic (exact) mass is 227 g/mol. The van der Waals surface area contributed by atoms with Gasteiger partial charge >= 0.3 is 0 Å². The minimum Gasteiger partial charge on any atom is -0.324 e. The van der Waals surface area contributed by atoms with Crippen molar-refractivity contribution in [2.75, 3.05) is 13.1 Å². The molecule has 2 rings (SSSR count). The van der Waals surface area contributed by atoms with E-state index in [9.17, 15) is 0 Å². The number of aryl methyl sites for hydroxylation is 1. The van der Waals surface area contributed by atoms with Crippen molar-refractivity contribution in [3.8, 4) is 12.3 Å². The Kier molecular flexibility index (Phi) is 3.46. The van der Waals surface area contributed by atoms with Gasteiger partial charge in [0.2, 0.25) is 0 Å². The zero-order valence-corrected chi connectivity index (χ0v) is 10.3. The molecular formula is C14H17N3. The third-order valence-corrected chi connectivity index (χ3v) is 2.88. The van der Waals surface area contributed by atoms with E-state index in [4.69, 9.17) is 6.42 Å². The Morgan fingerprint density at radius 2 is 2.24 bits per heavy atom. The summed E-state index contributed by atoms with van der Waals surface area (Å²) in [4.78, 5) is 4.56. The summed E-state index contributed by atoms with van der Waals surface area (Å²) in [7, 11) is 0. The zero-order chi connectivity index (χ0) is 12.3. The average Bonchev–Trinajstić information content (AvgIpc) is 2.65. The Balaban J connectivity index is 2.28. The number of hydrogen-bond donors (Lipinski definition) is 1. The summed E-state index contributed by atoms with van der Waals surface area (Å²) < 4.78 is 2.25. The maximum atomic E-state index is 5.22. The molecule has 1 atom stereocenters. The van der Waals surface area contributed by atoms with Gasteiger partial charge in [0.25, 0.3) is 0 Å². The molecule has 1 aromatic carbocycles. The molecule has 0 aliphatic carbocycles. The number of nitrogens with zero attached hydrogens (tertiary/aromatic N) is 2.